The average molecular weight is 226 g/mol. The Hall–Kier alpha value is -0.670. The van der Waals surface area contributed by atoms with E-state index in [1.807, 2.05) is 25.1 Å². The molecule has 84 valence electrons. The molecule has 1 unspecified atom stereocenters. The fraction of sp³-hybridized carbons (Fsp3) is 0.500. The molecule has 0 aliphatic heterocycles. The Bertz CT molecular complexity index is 312. The maximum Gasteiger partial charge on any atom is 0.119 e. The third-order valence-electron chi connectivity index (χ3n) is 2.32. The van der Waals surface area contributed by atoms with Crippen LogP contribution in [-0.2, 0) is 0 Å². The van der Waals surface area contributed by atoms with Crippen LogP contribution in [0.1, 0.15) is 24.2 Å². The first kappa shape index (κ1) is 12.4. The van der Waals surface area contributed by atoms with Crippen molar-refractivity contribution in [2.24, 2.45) is 0 Å². The fourth-order valence-corrected chi connectivity index (χ4v) is 2.11. The Kier molecular flexibility index (Phi) is 4.99. The van der Waals surface area contributed by atoms with Crippen LogP contribution < -0.4 is 4.74 Å². The summed E-state index contributed by atoms with van der Waals surface area (Å²) in [6.07, 6.45) is -0.374. The van der Waals surface area contributed by atoms with Gasteiger partial charge < -0.3 is 9.84 Å². The van der Waals surface area contributed by atoms with Crippen molar-refractivity contribution < 1.29 is 9.84 Å². The van der Waals surface area contributed by atoms with E-state index in [1.54, 1.807) is 18.9 Å². The van der Waals surface area contributed by atoms with E-state index in [4.69, 9.17) is 4.74 Å². The number of aliphatic hydroxyl groups is 1. The lowest BCUT2D eigenvalue weighted by molar-refractivity contribution is 0.203. The number of rotatable bonds is 5. The molecule has 1 aromatic rings. The zero-order valence-electron chi connectivity index (χ0n) is 9.49. The van der Waals surface area contributed by atoms with Gasteiger partial charge in [-0.25, -0.2) is 0 Å². The third kappa shape index (κ3) is 3.43. The molecule has 1 N–H and O–H groups in total. The van der Waals surface area contributed by atoms with Gasteiger partial charge in [0.1, 0.15) is 5.75 Å². The smallest absolute Gasteiger partial charge is 0.119 e. The van der Waals surface area contributed by atoms with Gasteiger partial charge in [0.25, 0.3) is 0 Å². The van der Waals surface area contributed by atoms with E-state index in [0.29, 0.717) is 0 Å². The number of hydrogen-bond acceptors (Lipinski definition) is 3. The number of aliphatic hydroxyl groups excluding tert-OH is 1. The molecule has 0 aliphatic rings. The highest BCUT2D eigenvalue weighted by Gasteiger charge is 2.10. The molecule has 1 aromatic carbocycles. The highest BCUT2D eigenvalue weighted by molar-refractivity contribution is 7.99. The van der Waals surface area contributed by atoms with Gasteiger partial charge in [-0.2, -0.15) is 11.8 Å². The molecule has 1 atom stereocenters. The van der Waals surface area contributed by atoms with E-state index in [-0.39, 0.29) is 6.10 Å². The average Bonchev–Trinajstić information content (AvgIpc) is 2.25. The second-order valence-corrected chi connectivity index (χ2v) is 4.72. The predicted octanol–water partition coefficient (Wildman–Crippen LogP) is 2.79. The number of methoxy groups -OCH3 is 1. The van der Waals surface area contributed by atoms with Gasteiger partial charge >= 0.3 is 0 Å². The predicted molar refractivity (Wildman–Crippen MR) is 65.7 cm³/mol. The fourth-order valence-electron chi connectivity index (χ4n) is 1.47. The number of benzene rings is 1. The molecule has 0 fully saturated rings. The van der Waals surface area contributed by atoms with E-state index in [9.17, 15) is 5.11 Å². The van der Waals surface area contributed by atoms with Gasteiger partial charge in [0.2, 0.25) is 0 Å². The van der Waals surface area contributed by atoms with Crippen LogP contribution in [0.25, 0.3) is 0 Å². The van der Waals surface area contributed by atoms with E-state index < -0.39 is 0 Å². The van der Waals surface area contributed by atoms with Crippen LogP contribution in [0.2, 0.25) is 0 Å². The van der Waals surface area contributed by atoms with Crippen LogP contribution in [0.4, 0.5) is 0 Å². The summed E-state index contributed by atoms with van der Waals surface area (Å²) in [7, 11) is 1.65. The van der Waals surface area contributed by atoms with E-state index >= 15 is 0 Å². The monoisotopic (exact) mass is 226 g/mol. The van der Waals surface area contributed by atoms with Crippen LogP contribution in [0, 0.1) is 6.92 Å². The maximum atomic E-state index is 9.93. The van der Waals surface area contributed by atoms with E-state index in [2.05, 4.69) is 6.92 Å². The van der Waals surface area contributed by atoms with Crippen LogP contribution in [0.15, 0.2) is 18.2 Å². The molecule has 15 heavy (non-hydrogen) atoms. The minimum Gasteiger partial charge on any atom is -0.497 e. The lowest BCUT2D eigenvalue weighted by Crippen LogP contribution is -2.03. The molecule has 0 aliphatic carbocycles. The number of hydrogen-bond donors (Lipinski definition) is 1. The summed E-state index contributed by atoms with van der Waals surface area (Å²) in [5.74, 6) is 2.63. The van der Waals surface area contributed by atoms with Crippen molar-refractivity contribution >= 4 is 11.8 Å². The molecule has 0 aromatic heterocycles. The van der Waals surface area contributed by atoms with Gasteiger partial charge in [-0.1, -0.05) is 13.0 Å². The molecule has 0 heterocycles. The minimum atomic E-state index is -0.374. The zero-order valence-corrected chi connectivity index (χ0v) is 10.3. The molecule has 3 heteroatoms. The Morgan fingerprint density at radius 2 is 2.20 bits per heavy atom. The van der Waals surface area contributed by atoms with Gasteiger partial charge in [0.15, 0.2) is 0 Å². The lowest BCUT2D eigenvalue weighted by atomic mass is 10.0. The van der Waals surface area contributed by atoms with Gasteiger partial charge in [0, 0.05) is 5.75 Å². The summed E-state index contributed by atoms with van der Waals surface area (Å²) in [6.45, 7) is 4.09. The van der Waals surface area contributed by atoms with Crippen molar-refractivity contribution in [2.75, 3.05) is 18.6 Å². The van der Waals surface area contributed by atoms with Crippen molar-refractivity contribution in [3.8, 4) is 5.75 Å². The quantitative estimate of drug-likeness (QED) is 0.837. The molecule has 0 saturated heterocycles. The number of thioether (sulfide) groups is 1. The third-order valence-corrected chi connectivity index (χ3v) is 3.28. The Morgan fingerprint density at radius 3 is 2.73 bits per heavy atom. The highest BCUT2D eigenvalue weighted by Crippen LogP contribution is 2.24. The molecule has 0 amide bonds. The highest BCUT2D eigenvalue weighted by atomic mass is 32.2. The molecule has 1 rings (SSSR count). The van der Waals surface area contributed by atoms with Gasteiger partial charge in [-0.3, -0.25) is 0 Å². The summed E-state index contributed by atoms with van der Waals surface area (Å²) in [4.78, 5) is 0. The van der Waals surface area contributed by atoms with E-state index in [1.165, 1.54) is 0 Å². The first-order valence-electron chi connectivity index (χ1n) is 5.09. The summed E-state index contributed by atoms with van der Waals surface area (Å²) >= 11 is 1.75. The first-order valence-corrected chi connectivity index (χ1v) is 6.24. The Labute approximate surface area is 95.7 Å². The zero-order chi connectivity index (χ0) is 11.3. The van der Waals surface area contributed by atoms with Crippen LogP contribution in [0.5, 0.6) is 5.75 Å². The standard InChI is InChI=1S/C12H18O2S/c1-4-15-8-12(13)11-6-5-10(14-3)7-9(11)2/h5-7,12-13H,4,8H2,1-3H3. The Balaban J connectivity index is 2.76. The maximum absolute atomic E-state index is 9.93. The minimum absolute atomic E-state index is 0.374. The summed E-state index contributed by atoms with van der Waals surface area (Å²) < 4.78 is 5.12. The van der Waals surface area contributed by atoms with Crippen LogP contribution >= 0.6 is 11.8 Å². The van der Waals surface area contributed by atoms with Crippen LogP contribution in [0.3, 0.4) is 0 Å². The van der Waals surface area contributed by atoms with Crippen molar-refractivity contribution in [3.05, 3.63) is 29.3 Å². The van der Waals surface area contributed by atoms with Gasteiger partial charge in [-0.15, -0.1) is 0 Å². The first-order chi connectivity index (χ1) is 7.19. The summed E-state index contributed by atoms with van der Waals surface area (Å²) in [5.41, 5.74) is 2.08. The van der Waals surface area contributed by atoms with Crippen molar-refractivity contribution in [1.29, 1.82) is 0 Å². The SMILES string of the molecule is CCSCC(O)c1ccc(OC)cc1C. The number of aryl methyl sites for hydroxylation is 1. The molecule has 0 saturated carbocycles. The van der Waals surface area contributed by atoms with Crippen molar-refractivity contribution in [3.63, 3.8) is 0 Å². The summed E-state index contributed by atoms with van der Waals surface area (Å²) in [5, 5.41) is 9.93. The largest absolute Gasteiger partial charge is 0.497 e. The molecule has 0 bridgehead atoms. The molecular weight excluding hydrogens is 208 g/mol. The molecular formula is C12H18O2S. The normalized spacial score (nSPS) is 12.5. The van der Waals surface area contributed by atoms with Crippen molar-refractivity contribution in [2.45, 2.75) is 20.0 Å². The molecule has 0 radical (unpaired) electrons. The Morgan fingerprint density at radius 1 is 1.47 bits per heavy atom. The van der Waals surface area contributed by atoms with Gasteiger partial charge in [-0.05, 0) is 35.9 Å². The summed E-state index contributed by atoms with van der Waals surface area (Å²) in [6, 6.07) is 5.78. The van der Waals surface area contributed by atoms with E-state index in [0.717, 1.165) is 28.4 Å². The van der Waals surface area contributed by atoms with Gasteiger partial charge in [0.05, 0.1) is 13.2 Å². The number of ether oxygens (including phenoxy) is 1. The second kappa shape index (κ2) is 6.03. The van der Waals surface area contributed by atoms with Crippen molar-refractivity contribution in [1.82, 2.24) is 0 Å². The second-order valence-electron chi connectivity index (χ2n) is 3.40. The molecule has 2 nitrogen and oxygen atoms in total. The topological polar surface area (TPSA) is 29.5 Å². The van der Waals surface area contributed by atoms with Crippen LogP contribution in [-0.4, -0.2) is 23.7 Å². The lowest BCUT2D eigenvalue weighted by Gasteiger charge is -2.13. The molecule has 0 spiro atoms.